The highest BCUT2D eigenvalue weighted by molar-refractivity contribution is 5.81. The molecular weight excluding hydrogens is 210 g/mol. The molecule has 0 radical (unpaired) electrons. The second kappa shape index (κ2) is 5.35. The van der Waals surface area contributed by atoms with Crippen molar-refractivity contribution in [3.05, 3.63) is 35.4 Å². The molecule has 0 aliphatic heterocycles. The van der Waals surface area contributed by atoms with Gasteiger partial charge in [-0.05, 0) is 31.4 Å². The summed E-state index contributed by atoms with van der Waals surface area (Å²) in [6.45, 7) is 9.96. The van der Waals surface area contributed by atoms with Crippen molar-refractivity contribution < 1.29 is 4.79 Å². The lowest BCUT2D eigenvalue weighted by Gasteiger charge is -2.22. The molecule has 0 spiro atoms. The lowest BCUT2D eigenvalue weighted by atomic mass is 9.94. The second-order valence-corrected chi connectivity index (χ2v) is 5.76. The summed E-state index contributed by atoms with van der Waals surface area (Å²) in [5.41, 5.74) is 2.26. The maximum atomic E-state index is 11.8. The Morgan fingerprint density at radius 3 is 2.41 bits per heavy atom. The van der Waals surface area contributed by atoms with Crippen molar-refractivity contribution in [1.82, 2.24) is 5.32 Å². The van der Waals surface area contributed by atoms with Gasteiger partial charge in [0, 0.05) is 11.5 Å². The first-order chi connectivity index (χ1) is 7.80. The molecule has 1 aromatic carbocycles. The normalized spacial score (nSPS) is 13.2. The molecule has 0 saturated heterocycles. The van der Waals surface area contributed by atoms with Crippen LogP contribution in [0.5, 0.6) is 0 Å². The van der Waals surface area contributed by atoms with E-state index in [1.165, 1.54) is 11.1 Å². The van der Waals surface area contributed by atoms with Crippen LogP contribution in [0.2, 0.25) is 0 Å². The van der Waals surface area contributed by atoms with Gasteiger partial charge in [-0.25, -0.2) is 0 Å². The van der Waals surface area contributed by atoms with Crippen LogP contribution in [-0.2, 0) is 11.2 Å². The topological polar surface area (TPSA) is 29.1 Å². The monoisotopic (exact) mass is 233 g/mol. The largest absolute Gasteiger partial charge is 0.353 e. The van der Waals surface area contributed by atoms with Crippen LogP contribution in [0.4, 0.5) is 0 Å². The van der Waals surface area contributed by atoms with Gasteiger partial charge in [-0.1, -0.05) is 45.0 Å². The third-order valence-corrected chi connectivity index (χ3v) is 2.85. The van der Waals surface area contributed by atoms with E-state index in [9.17, 15) is 4.79 Å². The van der Waals surface area contributed by atoms with Crippen LogP contribution in [0.15, 0.2) is 24.3 Å². The molecule has 0 heterocycles. The van der Waals surface area contributed by atoms with Gasteiger partial charge in [0.1, 0.15) is 0 Å². The van der Waals surface area contributed by atoms with Crippen molar-refractivity contribution in [3.8, 4) is 0 Å². The molecule has 17 heavy (non-hydrogen) atoms. The summed E-state index contributed by atoms with van der Waals surface area (Å²) in [6.07, 6.45) is 0.883. The van der Waals surface area contributed by atoms with Crippen LogP contribution in [0, 0.1) is 12.3 Å². The second-order valence-electron chi connectivity index (χ2n) is 5.76. The highest BCUT2D eigenvalue weighted by Crippen LogP contribution is 2.14. The molecule has 0 bridgehead atoms. The van der Waals surface area contributed by atoms with Gasteiger partial charge in [-0.2, -0.15) is 0 Å². The maximum absolute atomic E-state index is 11.8. The summed E-state index contributed by atoms with van der Waals surface area (Å²) in [4.78, 5) is 11.8. The Balaban J connectivity index is 2.59. The van der Waals surface area contributed by atoms with E-state index < -0.39 is 0 Å². The van der Waals surface area contributed by atoms with E-state index in [1.54, 1.807) is 0 Å². The minimum atomic E-state index is -0.319. The van der Waals surface area contributed by atoms with Crippen LogP contribution in [0.25, 0.3) is 0 Å². The molecule has 1 amide bonds. The van der Waals surface area contributed by atoms with Crippen molar-refractivity contribution in [1.29, 1.82) is 0 Å². The number of amides is 1. The van der Waals surface area contributed by atoms with Gasteiger partial charge in [-0.3, -0.25) is 4.79 Å². The number of hydrogen-bond acceptors (Lipinski definition) is 1. The van der Waals surface area contributed by atoms with Crippen molar-refractivity contribution in [3.63, 3.8) is 0 Å². The zero-order valence-electron chi connectivity index (χ0n) is 11.5. The molecule has 0 aliphatic carbocycles. The van der Waals surface area contributed by atoms with Crippen molar-refractivity contribution in [2.24, 2.45) is 5.41 Å². The van der Waals surface area contributed by atoms with Gasteiger partial charge in [0.25, 0.3) is 0 Å². The number of benzene rings is 1. The molecule has 0 saturated carbocycles. The molecule has 2 heteroatoms. The highest BCUT2D eigenvalue weighted by atomic mass is 16.2. The van der Waals surface area contributed by atoms with Crippen LogP contribution >= 0.6 is 0 Å². The number of hydrogen-bond donors (Lipinski definition) is 1. The number of nitrogens with one attached hydrogen (secondary N) is 1. The average Bonchev–Trinajstić information content (AvgIpc) is 2.20. The summed E-state index contributed by atoms with van der Waals surface area (Å²) < 4.78 is 0. The van der Waals surface area contributed by atoms with Gasteiger partial charge < -0.3 is 5.32 Å². The predicted molar refractivity (Wildman–Crippen MR) is 71.9 cm³/mol. The van der Waals surface area contributed by atoms with Gasteiger partial charge in [0.15, 0.2) is 0 Å². The van der Waals surface area contributed by atoms with E-state index >= 15 is 0 Å². The first kappa shape index (κ1) is 13.8. The lowest BCUT2D eigenvalue weighted by Crippen LogP contribution is -2.41. The van der Waals surface area contributed by atoms with E-state index in [0.717, 1.165) is 6.42 Å². The lowest BCUT2D eigenvalue weighted by molar-refractivity contribution is -0.129. The molecule has 1 atom stereocenters. The fraction of sp³-hybridized carbons (Fsp3) is 0.533. The predicted octanol–water partition coefficient (Wildman–Crippen LogP) is 3.09. The van der Waals surface area contributed by atoms with Crippen LogP contribution in [0.1, 0.15) is 38.8 Å². The Morgan fingerprint density at radius 1 is 1.29 bits per heavy atom. The number of aryl methyl sites for hydroxylation is 1. The smallest absolute Gasteiger partial charge is 0.225 e. The third-order valence-electron chi connectivity index (χ3n) is 2.85. The molecule has 0 aliphatic rings. The van der Waals surface area contributed by atoms with Crippen molar-refractivity contribution >= 4 is 5.91 Å². The molecular formula is C15H23NO. The van der Waals surface area contributed by atoms with Crippen LogP contribution < -0.4 is 5.32 Å². The van der Waals surface area contributed by atoms with Crippen molar-refractivity contribution in [2.75, 3.05) is 0 Å². The summed E-state index contributed by atoms with van der Waals surface area (Å²) in [7, 11) is 0. The Labute approximate surface area is 104 Å². The quantitative estimate of drug-likeness (QED) is 0.854. The Hall–Kier alpha value is -1.31. The first-order valence-corrected chi connectivity index (χ1v) is 6.16. The fourth-order valence-corrected chi connectivity index (χ4v) is 1.66. The Bertz CT molecular complexity index is 390. The molecule has 1 unspecified atom stereocenters. The highest BCUT2D eigenvalue weighted by Gasteiger charge is 2.22. The van der Waals surface area contributed by atoms with Gasteiger partial charge in [0.2, 0.25) is 5.91 Å². The van der Waals surface area contributed by atoms with Crippen LogP contribution in [0.3, 0.4) is 0 Å². The van der Waals surface area contributed by atoms with Crippen LogP contribution in [-0.4, -0.2) is 11.9 Å². The first-order valence-electron chi connectivity index (χ1n) is 6.16. The zero-order chi connectivity index (χ0) is 13.1. The van der Waals surface area contributed by atoms with E-state index in [0.29, 0.717) is 0 Å². The minimum Gasteiger partial charge on any atom is -0.353 e. The van der Waals surface area contributed by atoms with E-state index in [1.807, 2.05) is 32.9 Å². The summed E-state index contributed by atoms with van der Waals surface area (Å²) in [5, 5.41) is 3.06. The molecule has 2 nitrogen and oxygen atoms in total. The standard InChI is InChI=1S/C15H23NO/c1-11-8-6-7-9-13(11)10-12(2)16-14(17)15(3,4)5/h6-9,12H,10H2,1-5H3,(H,16,17). The van der Waals surface area contributed by atoms with Gasteiger partial charge in [0.05, 0.1) is 0 Å². The minimum absolute atomic E-state index is 0.110. The van der Waals surface area contributed by atoms with Gasteiger partial charge in [-0.15, -0.1) is 0 Å². The van der Waals surface area contributed by atoms with E-state index in [4.69, 9.17) is 0 Å². The molecule has 1 N–H and O–H groups in total. The summed E-state index contributed by atoms with van der Waals surface area (Å²) >= 11 is 0. The summed E-state index contributed by atoms with van der Waals surface area (Å²) in [5.74, 6) is 0.110. The molecule has 94 valence electrons. The average molecular weight is 233 g/mol. The zero-order valence-corrected chi connectivity index (χ0v) is 11.5. The number of rotatable bonds is 3. The SMILES string of the molecule is Cc1ccccc1CC(C)NC(=O)C(C)(C)C. The number of carbonyl (C=O) groups excluding carboxylic acids is 1. The van der Waals surface area contributed by atoms with E-state index in [-0.39, 0.29) is 17.4 Å². The fourth-order valence-electron chi connectivity index (χ4n) is 1.66. The Morgan fingerprint density at radius 2 is 1.88 bits per heavy atom. The molecule has 1 aromatic rings. The van der Waals surface area contributed by atoms with Gasteiger partial charge >= 0.3 is 0 Å². The third kappa shape index (κ3) is 4.22. The number of carbonyl (C=O) groups is 1. The summed E-state index contributed by atoms with van der Waals surface area (Å²) in [6, 6.07) is 8.48. The Kier molecular flexibility index (Phi) is 4.33. The molecule has 1 rings (SSSR count). The maximum Gasteiger partial charge on any atom is 0.225 e. The molecule has 0 aromatic heterocycles. The van der Waals surface area contributed by atoms with E-state index in [2.05, 4.69) is 31.3 Å². The molecule has 0 fully saturated rings. The van der Waals surface area contributed by atoms with Crippen molar-refractivity contribution in [2.45, 2.75) is 47.1 Å².